The fourth-order valence-electron chi connectivity index (χ4n) is 3.32. The molecule has 1 fully saturated rings. The summed E-state index contributed by atoms with van der Waals surface area (Å²) in [5, 5.41) is 1.82. The molecule has 1 aromatic heterocycles. The van der Waals surface area contributed by atoms with Crippen LogP contribution in [0.1, 0.15) is 42.6 Å². The molecular formula is C16H19ClN2S. The maximum absolute atomic E-state index is 6.14. The molecule has 0 aliphatic heterocycles. The fraction of sp³-hybridized carbons (Fsp3) is 0.438. The van der Waals surface area contributed by atoms with Crippen LogP contribution in [-0.2, 0) is 0 Å². The molecule has 1 aliphatic rings. The van der Waals surface area contributed by atoms with Crippen LogP contribution >= 0.6 is 23.4 Å². The lowest BCUT2D eigenvalue weighted by Gasteiger charge is -2.02. The summed E-state index contributed by atoms with van der Waals surface area (Å²) in [5.74, 6) is 0.969. The minimum absolute atomic E-state index is 0.236. The van der Waals surface area contributed by atoms with Crippen molar-refractivity contribution in [3.05, 3.63) is 46.2 Å². The Morgan fingerprint density at radius 3 is 2.65 bits per heavy atom. The third-order valence-corrected chi connectivity index (χ3v) is 5.24. The summed E-state index contributed by atoms with van der Waals surface area (Å²) in [6.45, 7) is 6.75. The van der Waals surface area contributed by atoms with Crippen LogP contribution in [0.4, 0.5) is 0 Å². The number of nitrogens with one attached hydrogen (secondary N) is 1. The molecule has 3 rings (SSSR count). The van der Waals surface area contributed by atoms with Crippen molar-refractivity contribution in [1.82, 2.24) is 9.97 Å². The quantitative estimate of drug-likeness (QED) is 0.808. The number of thioether (sulfide) groups is 1. The van der Waals surface area contributed by atoms with Crippen molar-refractivity contribution in [2.45, 2.75) is 37.8 Å². The van der Waals surface area contributed by atoms with Gasteiger partial charge < -0.3 is 4.98 Å². The molecule has 1 saturated carbocycles. The predicted octanol–water partition coefficient (Wildman–Crippen LogP) is 5.00. The van der Waals surface area contributed by atoms with Crippen LogP contribution < -0.4 is 0 Å². The zero-order valence-electron chi connectivity index (χ0n) is 12.2. The minimum atomic E-state index is 0.236. The molecule has 4 heteroatoms. The Hall–Kier alpha value is -0.930. The van der Waals surface area contributed by atoms with E-state index in [1.165, 1.54) is 17.0 Å². The van der Waals surface area contributed by atoms with Gasteiger partial charge in [-0.2, -0.15) is 0 Å². The second kappa shape index (κ2) is 4.81. The normalized spacial score (nSPS) is 23.9. The number of nitrogens with zero attached hydrogens (tertiary/aromatic N) is 1. The molecule has 0 radical (unpaired) electrons. The van der Waals surface area contributed by atoms with Crippen LogP contribution in [0.5, 0.6) is 0 Å². The van der Waals surface area contributed by atoms with E-state index >= 15 is 0 Å². The molecule has 0 amide bonds. The van der Waals surface area contributed by atoms with Crippen LogP contribution in [0.3, 0.4) is 0 Å². The van der Waals surface area contributed by atoms with Crippen LogP contribution in [0, 0.1) is 12.3 Å². The third kappa shape index (κ3) is 2.17. The van der Waals surface area contributed by atoms with Gasteiger partial charge >= 0.3 is 0 Å². The van der Waals surface area contributed by atoms with Crippen molar-refractivity contribution < 1.29 is 0 Å². The van der Waals surface area contributed by atoms with E-state index in [-0.39, 0.29) is 5.41 Å². The Bertz CT molecular complexity index is 648. The summed E-state index contributed by atoms with van der Waals surface area (Å²) >= 11 is 7.80. The monoisotopic (exact) mass is 306 g/mol. The maximum atomic E-state index is 6.14. The lowest BCUT2D eigenvalue weighted by Crippen LogP contribution is -1.92. The van der Waals surface area contributed by atoms with Gasteiger partial charge in [0.05, 0.1) is 5.69 Å². The highest BCUT2D eigenvalue weighted by Crippen LogP contribution is 2.70. The average Bonchev–Trinajstić information content (AvgIpc) is 2.76. The number of hydrogen-bond donors (Lipinski definition) is 1. The molecule has 2 atom stereocenters. The second-order valence-electron chi connectivity index (χ2n) is 6.09. The van der Waals surface area contributed by atoms with Crippen molar-refractivity contribution in [2.75, 3.05) is 6.26 Å². The smallest absolute Gasteiger partial charge is 0.165 e. The highest BCUT2D eigenvalue weighted by atomic mass is 35.5. The Balaban J connectivity index is 1.97. The number of rotatable bonds is 3. The highest BCUT2D eigenvalue weighted by molar-refractivity contribution is 7.98. The Morgan fingerprint density at radius 2 is 2.05 bits per heavy atom. The van der Waals surface area contributed by atoms with Gasteiger partial charge in [-0.25, -0.2) is 4.98 Å². The Labute approximate surface area is 129 Å². The van der Waals surface area contributed by atoms with E-state index in [0.717, 1.165) is 10.2 Å². The molecule has 1 aliphatic carbocycles. The zero-order chi connectivity index (χ0) is 14.5. The van der Waals surface area contributed by atoms with Crippen LogP contribution in [0.2, 0.25) is 5.02 Å². The van der Waals surface area contributed by atoms with Gasteiger partial charge in [-0.3, -0.25) is 0 Å². The molecule has 106 valence electrons. The fourth-order valence-corrected chi connectivity index (χ4v) is 3.96. The standard InChI is InChI=1S/C16H19ClN2S/c1-9-14(19-15(18-9)20-4)13-12(16(13,2)3)10-6-5-7-11(17)8-10/h5-8,12-13H,1-4H3,(H,18,19). The predicted molar refractivity (Wildman–Crippen MR) is 85.8 cm³/mol. The van der Waals surface area contributed by atoms with Crippen molar-refractivity contribution in [3.63, 3.8) is 0 Å². The number of hydrogen-bond acceptors (Lipinski definition) is 2. The summed E-state index contributed by atoms with van der Waals surface area (Å²) in [6, 6.07) is 8.23. The SMILES string of the molecule is CSc1nc(C2C(c3cccc(Cl)c3)C2(C)C)c(C)[nH]1. The van der Waals surface area contributed by atoms with Gasteiger partial charge in [0, 0.05) is 16.6 Å². The maximum Gasteiger partial charge on any atom is 0.165 e. The Kier molecular flexibility index (Phi) is 3.38. The summed E-state index contributed by atoms with van der Waals surface area (Å²) in [5.41, 5.74) is 3.96. The van der Waals surface area contributed by atoms with Gasteiger partial charge in [0.2, 0.25) is 0 Å². The van der Waals surface area contributed by atoms with Crippen molar-refractivity contribution in [3.8, 4) is 0 Å². The third-order valence-electron chi connectivity index (χ3n) is 4.42. The van der Waals surface area contributed by atoms with E-state index in [0.29, 0.717) is 11.8 Å². The van der Waals surface area contributed by atoms with E-state index < -0.39 is 0 Å². The largest absolute Gasteiger partial charge is 0.337 e. The first-order valence-corrected chi connectivity index (χ1v) is 8.41. The van der Waals surface area contributed by atoms with E-state index in [9.17, 15) is 0 Å². The molecule has 2 aromatic rings. The number of H-pyrrole nitrogens is 1. The van der Waals surface area contributed by atoms with Crippen LogP contribution in [0.25, 0.3) is 0 Å². The zero-order valence-corrected chi connectivity index (χ0v) is 13.8. The number of benzene rings is 1. The molecule has 20 heavy (non-hydrogen) atoms. The average molecular weight is 307 g/mol. The molecule has 1 aromatic carbocycles. The lowest BCUT2D eigenvalue weighted by atomic mass is 10.0. The molecule has 0 bridgehead atoms. The van der Waals surface area contributed by atoms with Gasteiger partial charge in [0.25, 0.3) is 0 Å². The van der Waals surface area contributed by atoms with Gasteiger partial charge in [-0.15, -0.1) is 0 Å². The number of aryl methyl sites for hydroxylation is 1. The summed E-state index contributed by atoms with van der Waals surface area (Å²) in [4.78, 5) is 8.12. The first-order chi connectivity index (χ1) is 9.45. The van der Waals surface area contributed by atoms with E-state index in [4.69, 9.17) is 16.6 Å². The van der Waals surface area contributed by atoms with Crippen molar-refractivity contribution in [2.24, 2.45) is 5.41 Å². The number of aromatic nitrogens is 2. The molecule has 1 N–H and O–H groups in total. The molecule has 1 heterocycles. The second-order valence-corrected chi connectivity index (χ2v) is 7.32. The lowest BCUT2D eigenvalue weighted by molar-refractivity contribution is 0.597. The van der Waals surface area contributed by atoms with Gasteiger partial charge in [0.15, 0.2) is 5.16 Å². The number of halogens is 1. The van der Waals surface area contributed by atoms with Crippen molar-refractivity contribution >= 4 is 23.4 Å². The first kappa shape index (κ1) is 14.0. The molecule has 2 unspecified atom stereocenters. The summed E-state index contributed by atoms with van der Waals surface area (Å²) < 4.78 is 0. The Morgan fingerprint density at radius 1 is 1.30 bits per heavy atom. The van der Waals surface area contributed by atoms with E-state index in [2.05, 4.69) is 44.1 Å². The van der Waals surface area contributed by atoms with Crippen molar-refractivity contribution in [1.29, 1.82) is 0 Å². The van der Waals surface area contributed by atoms with E-state index in [1.54, 1.807) is 11.8 Å². The molecule has 2 nitrogen and oxygen atoms in total. The van der Waals surface area contributed by atoms with Crippen LogP contribution in [-0.4, -0.2) is 16.2 Å². The van der Waals surface area contributed by atoms with Gasteiger partial charge in [-0.1, -0.05) is 49.3 Å². The van der Waals surface area contributed by atoms with Crippen LogP contribution in [0.15, 0.2) is 29.4 Å². The van der Waals surface area contributed by atoms with Gasteiger partial charge in [-0.05, 0) is 42.2 Å². The minimum Gasteiger partial charge on any atom is -0.337 e. The summed E-state index contributed by atoms with van der Waals surface area (Å²) in [6.07, 6.45) is 2.05. The topological polar surface area (TPSA) is 28.7 Å². The number of imidazole rings is 1. The molecular weight excluding hydrogens is 288 g/mol. The summed E-state index contributed by atoms with van der Waals surface area (Å²) in [7, 11) is 0. The first-order valence-electron chi connectivity index (χ1n) is 6.81. The molecule has 0 spiro atoms. The highest BCUT2D eigenvalue weighted by Gasteiger charge is 2.60. The molecule has 0 saturated heterocycles. The number of aromatic amines is 1. The van der Waals surface area contributed by atoms with Gasteiger partial charge in [0.1, 0.15) is 0 Å². The van der Waals surface area contributed by atoms with E-state index in [1.807, 2.05) is 12.1 Å².